The van der Waals surface area contributed by atoms with Gasteiger partial charge in [0.1, 0.15) is 0 Å². The largest absolute Gasteiger partial charge is 0.392 e. The average molecular weight is 426 g/mol. The van der Waals surface area contributed by atoms with Gasteiger partial charge in [-0.3, -0.25) is 4.79 Å². The van der Waals surface area contributed by atoms with Gasteiger partial charge in [-0.15, -0.1) is 0 Å². The molecule has 2 aliphatic carbocycles. The van der Waals surface area contributed by atoms with Crippen LogP contribution in [0.3, 0.4) is 0 Å². The van der Waals surface area contributed by atoms with Gasteiger partial charge in [0.2, 0.25) is 5.91 Å². The summed E-state index contributed by atoms with van der Waals surface area (Å²) < 4.78 is 0. The van der Waals surface area contributed by atoms with Crippen LogP contribution in [0.1, 0.15) is 56.1 Å². The zero-order chi connectivity index (χ0) is 22.4. The second-order valence-corrected chi connectivity index (χ2v) is 9.71. The molecule has 0 spiro atoms. The number of hydrogen-bond donors (Lipinski definition) is 2. The third-order valence-electron chi connectivity index (χ3n) is 6.95. The van der Waals surface area contributed by atoms with Gasteiger partial charge in [0, 0.05) is 26.4 Å². The minimum absolute atomic E-state index is 0.127. The molecule has 1 aromatic carbocycles. The molecule has 3 rings (SSSR count). The maximum atomic E-state index is 11.7. The van der Waals surface area contributed by atoms with Crippen molar-refractivity contribution in [2.75, 3.05) is 14.1 Å². The van der Waals surface area contributed by atoms with Crippen molar-refractivity contribution in [1.82, 2.24) is 4.90 Å². The van der Waals surface area contributed by atoms with E-state index in [2.05, 4.69) is 43.3 Å². The Morgan fingerprint density at radius 2 is 2.06 bits per heavy atom. The summed E-state index contributed by atoms with van der Waals surface area (Å²) in [6, 6.07) is 8.43. The van der Waals surface area contributed by atoms with E-state index in [0.29, 0.717) is 24.7 Å². The Morgan fingerprint density at radius 1 is 1.26 bits per heavy atom. The van der Waals surface area contributed by atoms with Crippen LogP contribution in [-0.2, 0) is 11.2 Å². The van der Waals surface area contributed by atoms with Gasteiger partial charge in [0.15, 0.2) is 0 Å². The molecule has 0 aromatic heterocycles. The molecule has 4 nitrogen and oxygen atoms in total. The van der Waals surface area contributed by atoms with Gasteiger partial charge in [0.05, 0.1) is 12.2 Å². The highest BCUT2D eigenvalue weighted by atomic mass is 16.3. The van der Waals surface area contributed by atoms with E-state index in [9.17, 15) is 15.0 Å². The number of allylic oxidation sites excluding steroid dienone is 2. The molecule has 5 atom stereocenters. The fourth-order valence-electron chi connectivity index (χ4n) is 5.18. The monoisotopic (exact) mass is 425 g/mol. The molecule has 2 aliphatic rings. The standard InChI is InChI=1S/C27H39NO3/c1-19-7-6-9-20(15-19)11-12-23(29)13-14-24-25-17-21(16-22(25)18-26(24)30)8-4-5-10-27(31)28(2)3/h6-7,9,13-16,22-26,29-30H,4-5,8,10-12,17-18H2,1-3H3/t22-,23+,24+,25-,26+/m0/s1. The first-order valence-electron chi connectivity index (χ1n) is 11.8. The lowest BCUT2D eigenvalue weighted by Gasteiger charge is -2.19. The van der Waals surface area contributed by atoms with Crippen molar-refractivity contribution in [2.24, 2.45) is 17.8 Å². The number of aliphatic hydroxyl groups is 2. The first kappa shape index (κ1) is 23.7. The highest BCUT2D eigenvalue weighted by Crippen LogP contribution is 2.48. The van der Waals surface area contributed by atoms with Crippen molar-refractivity contribution in [2.45, 2.75) is 70.5 Å². The fourth-order valence-corrected chi connectivity index (χ4v) is 5.18. The molecular weight excluding hydrogens is 386 g/mol. The van der Waals surface area contributed by atoms with E-state index < -0.39 is 6.10 Å². The lowest BCUT2D eigenvalue weighted by atomic mass is 9.88. The van der Waals surface area contributed by atoms with Crippen molar-refractivity contribution < 1.29 is 15.0 Å². The predicted molar refractivity (Wildman–Crippen MR) is 126 cm³/mol. The average Bonchev–Trinajstić information content (AvgIpc) is 3.24. The van der Waals surface area contributed by atoms with Crippen LogP contribution in [0.4, 0.5) is 0 Å². The Labute approximate surface area is 187 Å². The normalized spacial score (nSPS) is 26.2. The van der Waals surface area contributed by atoms with Crippen molar-refractivity contribution in [3.05, 3.63) is 59.2 Å². The molecule has 1 aromatic rings. The molecule has 4 heteroatoms. The number of rotatable bonds is 10. The number of amides is 1. The number of benzene rings is 1. The Kier molecular flexibility index (Phi) is 8.50. The van der Waals surface area contributed by atoms with Crippen molar-refractivity contribution in [3.63, 3.8) is 0 Å². The quantitative estimate of drug-likeness (QED) is 0.430. The number of carbonyl (C=O) groups is 1. The van der Waals surface area contributed by atoms with Gasteiger partial charge < -0.3 is 15.1 Å². The summed E-state index contributed by atoms with van der Waals surface area (Å²) in [5, 5.41) is 21.0. The molecule has 1 fully saturated rings. The zero-order valence-corrected chi connectivity index (χ0v) is 19.3. The highest BCUT2D eigenvalue weighted by Gasteiger charge is 2.43. The van der Waals surface area contributed by atoms with E-state index in [-0.39, 0.29) is 17.9 Å². The van der Waals surface area contributed by atoms with Crippen LogP contribution < -0.4 is 0 Å². The minimum atomic E-state index is -0.477. The maximum Gasteiger partial charge on any atom is 0.222 e. The lowest BCUT2D eigenvalue weighted by Crippen LogP contribution is -2.21. The Hall–Kier alpha value is -1.91. The summed E-state index contributed by atoms with van der Waals surface area (Å²) in [4.78, 5) is 13.4. The topological polar surface area (TPSA) is 60.8 Å². The highest BCUT2D eigenvalue weighted by molar-refractivity contribution is 5.75. The SMILES string of the molecule is Cc1cccc(CC[C@@H](O)C=C[C@@H]2[C@H]3CC(CCCCC(=O)N(C)C)=C[C@H]3C[C@H]2O)c1. The van der Waals surface area contributed by atoms with Crippen LogP contribution in [0.15, 0.2) is 48.1 Å². The van der Waals surface area contributed by atoms with Crippen molar-refractivity contribution in [3.8, 4) is 0 Å². The third kappa shape index (κ3) is 6.78. The first-order chi connectivity index (χ1) is 14.8. The van der Waals surface area contributed by atoms with E-state index in [4.69, 9.17) is 0 Å². The Balaban J connectivity index is 1.44. The van der Waals surface area contributed by atoms with Crippen LogP contribution in [0.5, 0.6) is 0 Å². The van der Waals surface area contributed by atoms with E-state index in [1.807, 2.05) is 20.2 Å². The molecule has 0 aliphatic heterocycles. The second-order valence-electron chi connectivity index (χ2n) is 9.71. The lowest BCUT2D eigenvalue weighted by molar-refractivity contribution is -0.128. The van der Waals surface area contributed by atoms with Crippen LogP contribution in [0.25, 0.3) is 0 Å². The van der Waals surface area contributed by atoms with Gasteiger partial charge in [-0.2, -0.15) is 0 Å². The molecule has 0 radical (unpaired) electrons. The molecule has 170 valence electrons. The van der Waals surface area contributed by atoms with Crippen LogP contribution >= 0.6 is 0 Å². The molecule has 0 saturated heterocycles. The summed E-state index contributed by atoms with van der Waals surface area (Å²) >= 11 is 0. The molecule has 1 amide bonds. The molecule has 1 saturated carbocycles. The summed E-state index contributed by atoms with van der Waals surface area (Å²) in [5.41, 5.74) is 3.99. The molecule has 0 heterocycles. The number of unbranched alkanes of at least 4 members (excludes halogenated alkanes) is 1. The van der Waals surface area contributed by atoms with E-state index in [1.54, 1.807) is 4.90 Å². The predicted octanol–water partition coefficient (Wildman–Crippen LogP) is 4.44. The van der Waals surface area contributed by atoms with Crippen LogP contribution in [-0.4, -0.2) is 47.3 Å². The van der Waals surface area contributed by atoms with Crippen molar-refractivity contribution >= 4 is 5.91 Å². The van der Waals surface area contributed by atoms with Gasteiger partial charge in [-0.1, -0.05) is 53.6 Å². The molecule has 2 N–H and O–H groups in total. The minimum Gasteiger partial charge on any atom is -0.392 e. The number of hydrogen-bond acceptors (Lipinski definition) is 3. The molecular formula is C27H39NO3. The number of carbonyl (C=O) groups excluding carboxylic acids is 1. The molecule has 0 bridgehead atoms. The first-order valence-corrected chi connectivity index (χ1v) is 11.8. The molecule has 0 unspecified atom stereocenters. The van der Waals surface area contributed by atoms with Crippen LogP contribution in [0, 0.1) is 24.7 Å². The number of aliphatic hydroxyl groups excluding tert-OH is 2. The van der Waals surface area contributed by atoms with E-state index in [0.717, 1.165) is 38.5 Å². The Bertz CT molecular complexity index is 797. The van der Waals surface area contributed by atoms with Crippen LogP contribution in [0.2, 0.25) is 0 Å². The van der Waals surface area contributed by atoms with Crippen molar-refractivity contribution in [1.29, 1.82) is 0 Å². The number of nitrogens with zero attached hydrogens (tertiary/aromatic N) is 1. The zero-order valence-electron chi connectivity index (χ0n) is 19.3. The summed E-state index contributed by atoms with van der Waals surface area (Å²) in [5.74, 6) is 1.23. The van der Waals surface area contributed by atoms with Gasteiger partial charge >= 0.3 is 0 Å². The second kappa shape index (κ2) is 11.1. The smallest absolute Gasteiger partial charge is 0.222 e. The van der Waals surface area contributed by atoms with Gasteiger partial charge in [-0.25, -0.2) is 0 Å². The number of aryl methyl sites for hydroxylation is 2. The fraction of sp³-hybridized carbons (Fsp3) is 0.593. The third-order valence-corrected chi connectivity index (χ3v) is 6.95. The van der Waals surface area contributed by atoms with Gasteiger partial charge in [0.25, 0.3) is 0 Å². The summed E-state index contributed by atoms with van der Waals surface area (Å²) in [6.07, 6.45) is 12.6. The summed E-state index contributed by atoms with van der Waals surface area (Å²) in [7, 11) is 3.61. The maximum absolute atomic E-state index is 11.7. The number of fused-ring (bicyclic) bond motifs is 1. The Morgan fingerprint density at radius 3 is 2.81 bits per heavy atom. The van der Waals surface area contributed by atoms with Gasteiger partial charge in [-0.05, 0) is 69.3 Å². The van der Waals surface area contributed by atoms with E-state index >= 15 is 0 Å². The summed E-state index contributed by atoms with van der Waals surface area (Å²) in [6.45, 7) is 2.09. The van der Waals surface area contributed by atoms with E-state index in [1.165, 1.54) is 16.7 Å². The molecule has 31 heavy (non-hydrogen) atoms.